The number of carbonyl (C=O) groups excluding carboxylic acids is 1. The highest BCUT2D eigenvalue weighted by Gasteiger charge is 2.13. The summed E-state index contributed by atoms with van der Waals surface area (Å²) >= 11 is 0. The maximum absolute atomic E-state index is 11.4. The standard InChI is InChI=1S/C14H22N2O3/c17-13(18-14-11-15-16-19-14)10-6-2-5-9-12-7-3-1-4-8-12/h11-12H,1-10H2. The third kappa shape index (κ3) is 5.41. The Labute approximate surface area is 113 Å². The van der Waals surface area contributed by atoms with Crippen LogP contribution in [-0.4, -0.2) is 16.3 Å². The van der Waals surface area contributed by atoms with Crippen molar-refractivity contribution in [2.24, 2.45) is 5.92 Å². The Kier molecular flexibility index (Phi) is 5.85. The number of carbonyl (C=O) groups is 1. The molecule has 0 unspecified atom stereocenters. The van der Waals surface area contributed by atoms with Gasteiger partial charge in [0, 0.05) is 11.7 Å². The number of aromatic nitrogens is 2. The van der Waals surface area contributed by atoms with E-state index in [0.29, 0.717) is 6.42 Å². The van der Waals surface area contributed by atoms with Gasteiger partial charge in [-0.2, -0.15) is 0 Å². The summed E-state index contributed by atoms with van der Waals surface area (Å²) in [5.41, 5.74) is 0. The number of ether oxygens (including phenoxy) is 1. The first-order valence-electron chi connectivity index (χ1n) is 7.32. The smallest absolute Gasteiger partial charge is 0.339 e. The van der Waals surface area contributed by atoms with Gasteiger partial charge in [0.25, 0.3) is 0 Å². The summed E-state index contributed by atoms with van der Waals surface area (Å²) in [6.07, 6.45) is 13.3. The molecule has 5 heteroatoms. The maximum atomic E-state index is 11.4. The Morgan fingerprint density at radius 3 is 2.84 bits per heavy atom. The molecule has 106 valence electrons. The van der Waals surface area contributed by atoms with Gasteiger partial charge in [0.2, 0.25) is 0 Å². The van der Waals surface area contributed by atoms with Gasteiger partial charge in [0.1, 0.15) is 6.20 Å². The number of nitrogens with zero attached hydrogens (tertiary/aromatic N) is 2. The van der Waals surface area contributed by atoms with Crippen LogP contribution < -0.4 is 4.74 Å². The molecule has 0 bridgehead atoms. The van der Waals surface area contributed by atoms with Gasteiger partial charge in [-0.15, -0.1) is 5.10 Å². The summed E-state index contributed by atoms with van der Waals surface area (Å²) in [5, 5.41) is 6.68. The molecule has 1 saturated carbocycles. The van der Waals surface area contributed by atoms with Crippen LogP contribution >= 0.6 is 0 Å². The van der Waals surface area contributed by atoms with Crippen LogP contribution in [0, 0.1) is 5.92 Å². The van der Waals surface area contributed by atoms with Gasteiger partial charge in [-0.25, -0.2) is 0 Å². The van der Waals surface area contributed by atoms with Crippen LogP contribution in [0.3, 0.4) is 0 Å². The van der Waals surface area contributed by atoms with Crippen molar-refractivity contribution < 1.29 is 14.1 Å². The zero-order chi connectivity index (χ0) is 13.3. The van der Waals surface area contributed by atoms with E-state index < -0.39 is 0 Å². The molecule has 5 nitrogen and oxygen atoms in total. The van der Waals surface area contributed by atoms with Crippen LogP contribution in [0.5, 0.6) is 5.95 Å². The fraction of sp³-hybridized carbons (Fsp3) is 0.786. The number of rotatable bonds is 7. The third-order valence-electron chi connectivity index (χ3n) is 3.77. The molecule has 1 aliphatic carbocycles. The van der Waals surface area contributed by atoms with Gasteiger partial charge in [-0.1, -0.05) is 51.4 Å². The molecular formula is C14H22N2O3. The minimum absolute atomic E-state index is 0.0761. The molecule has 0 atom stereocenters. The number of hydrogen-bond donors (Lipinski definition) is 0. The SMILES string of the molecule is O=C(CCCCCC1CCCCC1)Oc1cnno1. The summed E-state index contributed by atoms with van der Waals surface area (Å²) in [6.45, 7) is 0. The topological polar surface area (TPSA) is 65.2 Å². The minimum atomic E-state index is -0.267. The Bertz CT molecular complexity index is 359. The second-order valence-electron chi connectivity index (χ2n) is 5.31. The Hall–Kier alpha value is -1.39. The van der Waals surface area contributed by atoms with Crippen LogP contribution in [0.4, 0.5) is 0 Å². The van der Waals surface area contributed by atoms with E-state index in [0.717, 1.165) is 18.8 Å². The van der Waals surface area contributed by atoms with Gasteiger partial charge in [0.05, 0.1) is 0 Å². The van der Waals surface area contributed by atoms with Gasteiger partial charge in [0.15, 0.2) is 0 Å². The molecule has 0 amide bonds. The van der Waals surface area contributed by atoms with Crippen molar-refractivity contribution in [3.05, 3.63) is 6.20 Å². The third-order valence-corrected chi connectivity index (χ3v) is 3.77. The first-order chi connectivity index (χ1) is 9.34. The molecule has 0 N–H and O–H groups in total. The Morgan fingerprint density at radius 2 is 2.11 bits per heavy atom. The minimum Gasteiger partial charge on any atom is -0.390 e. The molecule has 2 rings (SSSR count). The maximum Gasteiger partial charge on any atom is 0.339 e. The van der Waals surface area contributed by atoms with E-state index in [2.05, 4.69) is 14.9 Å². The molecule has 0 saturated heterocycles. The van der Waals surface area contributed by atoms with Crippen LogP contribution in [0.1, 0.15) is 64.2 Å². The van der Waals surface area contributed by atoms with Gasteiger partial charge >= 0.3 is 11.9 Å². The van der Waals surface area contributed by atoms with Crippen molar-refractivity contribution >= 4 is 5.97 Å². The van der Waals surface area contributed by atoms with Crippen molar-refractivity contribution in [3.63, 3.8) is 0 Å². The zero-order valence-corrected chi connectivity index (χ0v) is 11.3. The average molecular weight is 266 g/mol. The van der Waals surface area contributed by atoms with E-state index >= 15 is 0 Å². The fourth-order valence-corrected chi connectivity index (χ4v) is 2.72. The lowest BCUT2D eigenvalue weighted by Gasteiger charge is -2.21. The normalized spacial score (nSPS) is 16.4. The predicted molar refractivity (Wildman–Crippen MR) is 69.6 cm³/mol. The van der Waals surface area contributed by atoms with E-state index in [1.165, 1.54) is 51.1 Å². The summed E-state index contributed by atoms with van der Waals surface area (Å²) < 4.78 is 9.53. The van der Waals surface area contributed by atoms with Gasteiger partial charge in [-0.3, -0.25) is 9.32 Å². The van der Waals surface area contributed by atoms with Crippen LogP contribution in [0.2, 0.25) is 0 Å². The molecule has 1 fully saturated rings. The molecule has 1 heterocycles. The molecule has 1 aromatic rings. The second kappa shape index (κ2) is 7.92. The number of unbranched alkanes of at least 4 members (excludes halogenated alkanes) is 2. The predicted octanol–water partition coefficient (Wildman–Crippen LogP) is 3.51. The first kappa shape index (κ1) is 14.0. The van der Waals surface area contributed by atoms with Crippen LogP contribution in [0.25, 0.3) is 0 Å². The fourth-order valence-electron chi connectivity index (χ4n) is 2.72. The molecule has 1 aliphatic rings. The molecule has 0 aliphatic heterocycles. The van der Waals surface area contributed by atoms with Crippen LogP contribution in [-0.2, 0) is 4.79 Å². The van der Waals surface area contributed by atoms with Crippen molar-refractivity contribution in [1.82, 2.24) is 10.4 Å². The molecule has 19 heavy (non-hydrogen) atoms. The van der Waals surface area contributed by atoms with Crippen LogP contribution in [0.15, 0.2) is 10.7 Å². The lowest BCUT2D eigenvalue weighted by Crippen LogP contribution is -2.08. The van der Waals surface area contributed by atoms with Gasteiger partial charge in [-0.05, 0) is 12.3 Å². The highest BCUT2D eigenvalue weighted by atomic mass is 16.7. The van der Waals surface area contributed by atoms with Crippen molar-refractivity contribution in [3.8, 4) is 5.95 Å². The quantitative estimate of drug-likeness (QED) is 0.558. The lowest BCUT2D eigenvalue weighted by atomic mass is 9.85. The largest absolute Gasteiger partial charge is 0.390 e. The highest BCUT2D eigenvalue weighted by Crippen LogP contribution is 2.27. The van der Waals surface area contributed by atoms with Gasteiger partial charge < -0.3 is 4.74 Å². The van der Waals surface area contributed by atoms with E-state index in [4.69, 9.17) is 4.74 Å². The average Bonchev–Trinajstić information content (AvgIpc) is 2.92. The van der Waals surface area contributed by atoms with E-state index in [-0.39, 0.29) is 11.9 Å². The van der Waals surface area contributed by atoms with E-state index in [1.54, 1.807) is 0 Å². The number of esters is 1. The molecule has 1 aromatic heterocycles. The monoisotopic (exact) mass is 266 g/mol. The van der Waals surface area contributed by atoms with Crippen molar-refractivity contribution in [2.75, 3.05) is 0 Å². The molecule has 0 aromatic carbocycles. The highest BCUT2D eigenvalue weighted by molar-refractivity contribution is 5.71. The first-order valence-corrected chi connectivity index (χ1v) is 7.32. The Balaban J connectivity index is 1.48. The summed E-state index contributed by atoms with van der Waals surface area (Å²) in [7, 11) is 0. The molecule has 0 radical (unpaired) electrons. The zero-order valence-electron chi connectivity index (χ0n) is 11.3. The summed E-state index contributed by atoms with van der Waals surface area (Å²) in [4.78, 5) is 11.4. The summed E-state index contributed by atoms with van der Waals surface area (Å²) in [5.74, 6) is 0.740. The van der Waals surface area contributed by atoms with Crippen molar-refractivity contribution in [1.29, 1.82) is 0 Å². The Morgan fingerprint density at radius 1 is 1.26 bits per heavy atom. The lowest BCUT2D eigenvalue weighted by molar-refractivity contribution is -0.135. The summed E-state index contributed by atoms with van der Waals surface area (Å²) in [6, 6.07) is 0. The van der Waals surface area contributed by atoms with E-state index in [1.807, 2.05) is 0 Å². The van der Waals surface area contributed by atoms with Crippen molar-refractivity contribution in [2.45, 2.75) is 64.2 Å². The molecule has 0 spiro atoms. The molecular weight excluding hydrogens is 244 g/mol. The number of hydrogen-bond acceptors (Lipinski definition) is 5. The van der Waals surface area contributed by atoms with E-state index in [9.17, 15) is 4.79 Å². The second-order valence-corrected chi connectivity index (χ2v) is 5.31.